The van der Waals surface area contributed by atoms with Gasteiger partial charge in [0.15, 0.2) is 0 Å². The molecule has 1 aromatic rings. The van der Waals surface area contributed by atoms with Crippen LogP contribution in [-0.4, -0.2) is 9.13 Å². The molecular formula is C11H14N2O2. The minimum Gasteiger partial charge on any atom is -0.301 e. The van der Waals surface area contributed by atoms with Crippen molar-refractivity contribution < 1.29 is 0 Å². The van der Waals surface area contributed by atoms with E-state index in [1.54, 1.807) is 6.92 Å². The van der Waals surface area contributed by atoms with Crippen molar-refractivity contribution >= 4 is 0 Å². The van der Waals surface area contributed by atoms with E-state index >= 15 is 0 Å². The van der Waals surface area contributed by atoms with Gasteiger partial charge < -0.3 is 4.57 Å². The van der Waals surface area contributed by atoms with E-state index in [2.05, 4.69) is 11.8 Å². The van der Waals surface area contributed by atoms with E-state index in [-0.39, 0.29) is 11.2 Å². The second-order valence-electron chi connectivity index (χ2n) is 3.05. The lowest BCUT2D eigenvalue weighted by Gasteiger charge is -2.05. The van der Waals surface area contributed by atoms with E-state index < -0.39 is 0 Å². The Morgan fingerprint density at radius 3 is 2.73 bits per heavy atom. The van der Waals surface area contributed by atoms with Crippen molar-refractivity contribution in [2.24, 2.45) is 0 Å². The van der Waals surface area contributed by atoms with Crippen LogP contribution in [0.5, 0.6) is 0 Å². The van der Waals surface area contributed by atoms with Gasteiger partial charge in [-0.2, -0.15) is 0 Å². The van der Waals surface area contributed by atoms with Crippen LogP contribution in [0.25, 0.3) is 0 Å². The van der Waals surface area contributed by atoms with E-state index in [1.165, 1.54) is 21.4 Å². The summed E-state index contributed by atoms with van der Waals surface area (Å²) in [7, 11) is 0. The Kier molecular flexibility index (Phi) is 3.92. The summed E-state index contributed by atoms with van der Waals surface area (Å²) in [6.07, 6.45) is 2.05. The molecule has 0 atom stereocenters. The molecule has 1 aromatic heterocycles. The molecule has 0 fully saturated rings. The fraction of sp³-hybridized carbons (Fsp3) is 0.455. The Balaban J connectivity index is 3.08. The molecule has 4 nitrogen and oxygen atoms in total. The molecule has 0 N–H and O–H groups in total. The van der Waals surface area contributed by atoms with Crippen LogP contribution < -0.4 is 11.2 Å². The number of hydrogen-bond donors (Lipinski definition) is 0. The quantitative estimate of drug-likeness (QED) is 0.674. The van der Waals surface area contributed by atoms with E-state index in [0.29, 0.717) is 19.5 Å². The van der Waals surface area contributed by atoms with Crippen LogP contribution in [0.3, 0.4) is 0 Å². The van der Waals surface area contributed by atoms with Crippen molar-refractivity contribution in [2.75, 3.05) is 0 Å². The monoisotopic (exact) mass is 206 g/mol. The van der Waals surface area contributed by atoms with Gasteiger partial charge in [0.1, 0.15) is 0 Å². The average Bonchev–Trinajstić information content (AvgIpc) is 2.23. The highest BCUT2D eigenvalue weighted by Gasteiger charge is 2.02. The Bertz CT molecular complexity index is 500. The second-order valence-corrected chi connectivity index (χ2v) is 3.05. The van der Waals surface area contributed by atoms with E-state index in [1.807, 2.05) is 6.92 Å². The van der Waals surface area contributed by atoms with Gasteiger partial charge in [0.05, 0.1) is 0 Å². The first-order chi connectivity index (χ1) is 7.20. The number of nitrogens with zero attached hydrogens (tertiary/aromatic N) is 2. The first kappa shape index (κ1) is 11.3. The number of aromatic nitrogens is 2. The Labute approximate surface area is 88.2 Å². The van der Waals surface area contributed by atoms with Crippen molar-refractivity contribution in [1.82, 2.24) is 9.13 Å². The minimum absolute atomic E-state index is 0.261. The first-order valence-corrected chi connectivity index (χ1v) is 4.90. The highest BCUT2D eigenvalue weighted by molar-refractivity contribution is 4.95. The third-order valence-corrected chi connectivity index (χ3v) is 2.12. The third kappa shape index (κ3) is 2.59. The highest BCUT2D eigenvalue weighted by atomic mass is 16.2. The lowest BCUT2D eigenvalue weighted by Crippen LogP contribution is -2.38. The molecule has 0 aromatic carbocycles. The lowest BCUT2D eigenvalue weighted by atomic mass is 10.4. The molecule has 1 rings (SSSR count). The van der Waals surface area contributed by atoms with Gasteiger partial charge in [-0.25, -0.2) is 4.79 Å². The smallest absolute Gasteiger partial charge is 0.301 e. The molecule has 15 heavy (non-hydrogen) atoms. The van der Waals surface area contributed by atoms with E-state index in [0.717, 1.165) is 0 Å². The van der Waals surface area contributed by atoms with Crippen LogP contribution in [-0.2, 0) is 13.1 Å². The molecule has 0 aliphatic heterocycles. The summed E-state index contributed by atoms with van der Waals surface area (Å²) in [4.78, 5) is 23.1. The zero-order valence-corrected chi connectivity index (χ0v) is 8.99. The minimum atomic E-state index is -0.261. The predicted molar refractivity (Wildman–Crippen MR) is 58.7 cm³/mol. The van der Waals surface area contributed by atoms with Gasteiger partial charge in [-0.1, -0.05) is 0 Å². The van der Waals surface area contributed by atoms with Crippen molar-refractivity contribution in [1.29, 1.82) is 0 Å². The van der Waals surface area contributed by atoms with Crippen LogP contribution in [0.4, 0.5) is 0 Å². The molecule has 0 saturated carbocycles. The molecule has 0 radical (unpaired) electrons. The fourth-order valence-corrected chi connectivity index (χ4v) is 1.30. The summed E-state index contributed by atoms with van der Waals surface area (Å²) in [5.41, 5.74) is -0.523. The maximum absolute atomic E-state index is 11.7. The second kappa shape index (κ2) is 5.20. The van der Waals surface area contributed by atoms with Crippen molar-refractivity contribution in [3.8, 4) is 11.8 Å². The molecule has 0 unspecified atom stereocenters. The molecule has 0 spiro atoms. The zero-order chi connectivity index (χ0) is 11.3. The van der Waals surface area contributed by atoms with Crippen LogP contribution >= 0.6 is 0 Å². The van der Waals surface area contributed by atoms with Crippen LogP contribution in [0.15, 0.2) is 21.9 Å². The molecule has 0 bridgehead atoms. The number of rotatable bonds is 3. The first-order valence-electron chi connectivity index (χ1n) is 4.90. The Morgan fingerprint density at radius 2 is 2.13 bits per heavy atom. The molecule has 0 aliphatic rings. The SMILES string of the molecule is CC#CCCn1c(=O)ccn(CC)c1=O. The summed E-state index contributed by atoms with van der Waals surface area (Å²) >= 11 is 0. The fourth-order valence-electron chi connectivity index (χ4n) is 1.30. The highest BCUT2D eigenvalue weighted by Crippen LogP contribution is 1.82. The summed E-state index contributed by atoms with van der Waals surface area (Å²) in [5.74, 6) is 5.56. The molecule has 1 heterocycles. The number of hydrogen-bond acceptors (Lipinski definition) is 2. The average molecular weight is 206 g/mol. The molecular weight excluding hydrogens is 192 g/mol. The topological polar surface area (TPSA) is 44.0 Å². The molecule has 4 heteroatoms. The summed E-state index contributed by atoms with van der Waals surface area (Å²) in [6.45, 7) is 4.53. The Morgan fingerprint density at radius 1 is 1.40 bits per heavy atom. The van der Waals surface area contributed by atoms with Gasteiger partial charge in [-0.05, 0) is 13.8 Å². The van der Waals surface area contributed by atoms with Crippen LogP contribution in [0.1, 0.15) is 20.3 Å². The number of aryl methyl sites for hydroxylation is 1. The maximum atomic E-state index is 11.7. The third-order valence-electron chi connectivity index (χ3n) is 2.12. The summed E-state index contributed by atoms with van der Waals surface area (Å²) in [6, 6.07) is 1.41. The normalized spacial score (nSPS) is 9.47. The van der Waals surface area contributed by atoms with Gasteiger partial charge in [0.2, 0.25) is 0 Å². The van der Waals surface area contributed by atoms with Gasteiger partial charge in [-0.15, -0.1) is 11.8 Å². The van der Waals surface area contributed by atoms with Crippen LogP contribution in [0, 0.1) is 11.8 Å². The predicted octanol–water partition coefficient (Wildman–Crippen LogP) is 0.443. The van der Waals surface area contributed by atoms with E-state index in [9.17, 15) is 9.59 Å². The molecule has 80 valence electrons. The van der Waals surface area contributed by atoms with Gasteiger partial charge >= 0.3 is 5.69 Å². The standard InChI is InChI=1S/C11H14N2O2/c1-3-5-6-8-13-10(14)7-9-12(4-2)11(13)15/h7,9H,4,6,8H2,1-2H3. The van der Waals surface area contributed by atoms with Gasteiger partial charge in [0, 0.05) is 31.8 Å². The summed E-state index contributed by atoms with van der Waals surface area (Å²) in [5, 5.41) is 0. The van der Waals surface area contributed by atoms with Crippen molar-refractivity contribution in [2.45, 2.75) is 33.4 Å². The lowest BCUT2D eigenvalue weighted by molar-refractivity contribution is 0.573. The van der Waals surface area contributed by atoms with Crippen molar-refractivity contribution in [3.05, 3.63) is 33.1 Å². The largest absolute Gasteiger partial charge is 0.330 e. The van der Waals surface area contributed by atoms with Crippen molar-refractivity contribution in [3.63, 3.8) is 0 Å². The zero-order valence-electron chi connectivity index (χ0n) is 8.99. The maximum Gasteiger partial charge on any atom is 0.330 e. The Hall–Kier alpha value is -1.76. The summed E-state index contributed by atoms with van der Waals surface area (Å²) < 4.78 is 2.72. The molecule has 0 aliphatic carbocycles. The molecule has 0 amide bonds. The van der Waals surface area contributed by atoms with E-state index in [4.69, 9.17) is 0 Å². The van der Waals surface area contributed by atoms with Crippen LogP contribution in [0.2, 0.25) is 0 Å². The molecule has 0 saturated heterocycles. The van der Waals surface area contributed by atoms with Gasteiger partial charge in [0.25, 0.3) is 5.56 Å². The van der Waals surface area contributed by atoms with Gasteiger partial charge in [-0.3, -0.25) is 9.36 Å².